The monoisotopic (exact) mass is 236 g/mol. The van der Waals surface area contributed by atoms with E-state index in [1.807, 2.05) is 18.2 Å². The Morgan fingerprint density at radius 3 is 2.06 bits per heavy atom. The number of ketones is 1. The van der Waals surface area contributed by atoms with Gasteiger partial charge in [0.15, 0.2) is 5.78 Å². The summed E-state index contributed by atoms with van der Waals surface area (Å²) in [6.45, 7) is 0. The first-order valence-corrected chi connectivity index (χ1v) is 5.62. The van der Waals surface area contributed by atoms with Crippen LogP contribution in [0.2, 0.25) is 0 Å². The average molecular weight is 236 g/mol. The van der Waals surface area contributed by atoms with Gasteiger partial charge in [-0.25, -0.2) is 0 Å². The zero-order chi connectivity index (χ0) is 12.8. The lowest BCUT2D eigenvalue weighted by atomic mass is 10.1. The minimum Gasteiger partial charge on any atom is -0.298 e. The van der Waals surface area contributed by atoms with Crippen molar-refractivity contribution in [2.75, 3.05) is 0 Å². The lowest BCUT2D eigenvalue weighted by molar-refractivity contribution is 0.104. The first-order valence-electron chi connectivity index (χ1n) is 5.62. The normalized spacial score (nSPS) is 10.4. The SMILES string of the molecule is O=Cc1ccc(/C=C/C(=O)c2ccccc2)cc1. The van der Waals surface area contributed by atoms with Crippen LogP contribution >= 0.6 is 0 Å². The van der Waals surface area contributed by atoms with Crippen LogP contribution < -0.4 is 0 Å². The molecule has 0 aromatic heterocycles. The van der Waals surface area contributed by atoms with Crippen molar-refractivity contribution in [2.24, 2.45) is 0 Å². The Morgan fingerprint density at radius 2 is 1.44 bits per heavy atom. The highest BCUT2D eigenvalue weighted by molar-refractivity contribution is 6.06. The fraction of sp³-hybridized carbons (Fsp3) is 0. The maximum atomic E-state index is 11.8. The van der Waals surface area contributed by atoms with Crippen LogP contribution in [0.3, 0.4) is 0 Å². The number of hydrogen-bond acceptors (Lipinski definition) is 2. The Hall–Kier alpha value is -2.48. The van der Waals surface area contributed by atoms with Crippen molar-refractivity contribution in [3.63, 3.8) is 0 Å². The van der Waals surface area contributed by atoms with E-state index in [4.69, 9.17) is 0 Å². The predicted octanol–water partition coefficient (Wildman–Crippen LogP) is 3.40. The van der Waals surface area contributed by atoms with Gasteiger partial charge in [0.2, 0.25) is 0 Å². The highest BCUT2D eigenvalue weighted by Crippen LogP contribution is 2.07. The smallest absolute Gasteiger partial charge is 0.185 e. The van der Waals surface area contributed by atoms with Crippen LogP contribution in [0.25, 0.3) is 6.08 Å². The number of carbonyl (C=O) groups is 2. The summed E-state index contributed by atoms with van der Waals surface area (Å²) < 4.78 is 0. The van der Waals surface area contributed by atoms with Crippen LogP contribution in [-0.4, -0.2) is 12.1 Å². The second-order valence-electron chi connectivity index (χ2n) is 3.85. The summed E-state index contributed by atoms with van der Waals surface area (Å²) in [6, 6.07) is 16.2. The third-order valence-electron chi connectivity index (χ3n) is 2.56. The van der Waals surface area contributed by atoms with Gasteiger partial charge in [-0.05, 0) is 11.6 Å². The van der Waals surface area contributed by atoms with Crippen LogP contribution in [0.15, 0.2) is 60.7 Å². The van der Waals surface area contributed by atoms with E-state index in [0.717, 1.165) is 11.8 Å². The van der Waals surface area contributed by atoms with Gasteiger partial charge in [0, 0.05) is 11.1 Å². The number of rotatable bonds is 4. The van der Waals surface area contributed by atoms with Crippen LogP contribution in [-0.2, 0) is 0 Å². The summed E-state index contributed by atoms with van der Waals surface area (Å²) in [4.78, 5) is 22.3. The minimum atomic E-state index is -0.0323. The molecule has 0 fully saturated rings. The van der Waals surface area contributed by atoms with E-state index in [9.17, 15) is 9.59 Å². The van der Waals surface area contributed by atoms with Gasteiger partial charge in [-0.2, -0.15) is 0 Å². The summed E-state index contributed by atoms with van der Waals surface area (Å²) in [5.74, 6) is -0.0323. The molecule has 2 aromatic carbocycles. The first kappa shape index (κ1) is 12.0. The fourth-order valence-electron chi connectivity index (χ4n) is 1.56. The zero-order valence-electron chi connectivity index (χ0n) is 9.74. The van der Waals surface area contributed by atoms with Crippen molar-refractivity contribution in [1.82, 2.24) is 0 Å². The Kier molecular flexibility index (Phi) is 3.82. The van der Waals surface area contributed by atoms with Gasteiger partial charge in [0.05, 0.1) is 0 Å². The van der Waals surface area contributed by atoms with E-state index in [1.165, 1.54) is 6.08 Å². The predicted molar refractivity (Wildman–Crippen MR) is 71.6 cm³/mol. The lowest BCUT2D eigenvalue weighted by Crippen LogP contribution is -1.92. The van der Waals surface area contributed by atoms with Crippen LogP contribution in [0.5, 0.6) is 0 Å². The molecule has 18 heavy (non-hydrogen) atoms. The number of carbonyl (C=O) groups excluding carboxylic acids is 2. The largest absolute Gasteiger partial charge is 0.298 e. The third-order valence-corrected chi connectivity index (χ3v) is 2.56. The second kappa shape index (κ2) is 5.73. The molecule has 0 atom stereocenters. The molecule has 0 aliphatic carbocycles. The fourth-order valence-corrected chi connectivity index (χ4v) is 1.56. The van der Waals surface area contributed by atoms with Crippen molar-refractivity contribution >= 4 is 18.1 Å². The first-order chi connectivity index (χ1) is 8.79. The molecule has 0 aliphatic rings. The van der Waals surface area contributed by atoms with Gasteiger partial charge in [0.25, 0.3) is 0 Å². The topological polar surface area (TPSA) is 34.1 Å². The second-order valence-corrected chi connectivity index (χ2v) is 3.85. The average Bonchev–Trinajstić information content (AvgIpc) is 2.46. The van der Waals surface area contributed by atoms with E-state index >= 15 is 0 Å². The molecule has 2 rings (SSSR count). The van der Waals surface area contributed by atoms with Crippen LogP contribution in [0.1, 0.15) is 26.3 Å². The molecule has 0 unspecified atom stereocenters. The molecule has 0 aliphatic heterocycles. The molecule has 0 radical (unpaired) electrons. The standard InChI is InChI=1S/C16H12O2/c17-12-14-8-6-13(7-9-14)10-11-16(18)15-4-2-1-3-5-15/h1-12H/b11-10+. The minimum absolute atomic E-state index is 0.0323. The van der Waals surface area contributed by atoms with E-state index in [0.29, 0.717) is 11.1 Å². The van der Waals surface area contributed by atoms with Gasteiger partial charge in [-0.3, -0.25) is 9.59 Å². The quantitative estimate of drug-likeness (QED) is 0.463. The van der Waals surface area contributed by atoms with E-state index in [2.05, 4.69) is 0 Å². The van der Waals surface area contributed by atoms with E-state index in [-0.39, 0.29) is 5.78 Å². The van der Waals surface area contributed by atoms with Crippen molar-refractivity contribution in [3.8, 4) is 0 Å². The number of benzene rings is 2. The molecular weight excluding hydrogens is 224 g/mol. The molecule has 2 aromatic rings. The zero-order valence-corrected chi connectivity index (χ0v) is 9.74. The van der Waals surface area contributed by atoms with Crippen molar-refractivity contribution < 1.29 is 9.59 Å². The molecule has 0 saturated carbocycles. The molecule has 0 spiro atoms. The molecule has 0 N–H and O–H groups in total. The van der Waals surface area contributed by atoms with Crippen LogP contribution in [0.4, 0.5) is 0 Å². The molecular formula is C16H12O2. The number of hydrogen-bond donors (Lipinski definition) is 0. The van der Waals surface area contributed by atoms with Gasteiger partial charge < -0.3 is 0 Å². The molecule has 0 heterocycles. The van der Waals surface area contributed by atoms with E-state index in [1.54, 1.807) is 42.5 Å². The van der Waals surface area contributed by atoms with Gasteiger partial charge in [0.1, 0.15) is 6.29 Å². The molecule has 2 heteroatoms. The number of allylic oxidation sites excluding steroid dienone is 1. The number of aldehydes is 1. The maximum Gasteiger partial charge on any atom is 0.185 e. The summed E-state index contributed by atoms with van der Waals surface area (Å²) in [7, 11) is 0. The lowest BCUT2D eigenvalue weighted by Gasteiger charge is -1.95. The summed E-state index contributed by atoms with van der Waals surface area (Å²) in [6.07, 6.45) is 4.07. The van der Waals surface area contributed by atoms with Crippen molar-refractivity contribution in [3.05, 3.63) is 77.4 Å². The highest BCUT2D eigenvalue weighted by atomic mass is 16.1. The third kappa shape index (κ3) is 3.01. The molecule has 0 bridgehead atoms. The van der Waals surface area contributed by atoms with Gasteiger partial charge in [-0.15, -0.1) is 0 Å². The molecule has 0 amide bonds. The van der Waals surface area contributed by atoms with Crippen molar-refractivity contribution in [1.29, 1.82) is 0 Å². The van der Waals surface area contributed by atoms with Crippen molar-refractivity contribution in [2.45, 2.75) is 0 Å². The Labute approximate surface area is 106 Å². The molecule has 0 saturated heterocycles. The summed E-state index contributed by atoms with van der Waals surface area (Å²) >= 11 is 0. The Morgan fingerprint density at radius 1 is 0.833 bits per heavy atom. The Balaban J connectivity index is 2.11. The highest BCUT2D eigenvalue weighted by Gasteiger charge is 1.99. The Bertz CT molecular complexity index is 566. The molecule has 88 valence electrons. The van der Waals surface area contributed by atoms with Gasteiger partial charge >= 0.3 is 0 Å². The van der Waals surface area contributed by atoms with Gasteiger partial charge in [-0.1, -0.05) is 60.7 Å². The molecule has 2 nitrogen and oxygen atoms in total. The summed E-state index contributed by atoms with van der Waals surface area (Å²) in [5, 5.41) is 0. The summed E-state index contributed by atoms with van der Waals surface area (Å²) in [5.41, 5.74) is 2.18. The van der Waals surface area contributed by atoms with E-state index < -0.39 is 0 Å². The van der Waals surface area contributed by atoms with Crippen LogP contribution in [0, 0.1) is 0 Å². The maximum absolute atomic E-state index is 11.8.